The van der Waals surface area contributed by atoms with Gasteiger partial charge in [0.25, 0.3) is 0 Å². The number of carbonyl (C=O) groups excluding carboxylic acids is 1. The molecule has 0 bridgehead atoms. The summed E-state index contributed by atoms with van der Waals surface area (Å²) < 4.78 is 0. The fourth-order valence-corrected chi connectivity index (χ4v) is 3.08. The van der Waals surface area contributed by atoms with Gasteiger partial charge < -0.3 is 16.2 Å². The quantitative estimate of drug-likeness (QED) is 0.738. The highest BCUT2D eigenvalue weighted by Crippen LogP contribution is 2.40. The Bertz CT molecular complexity index is 496. The van der Waals surface area contributed by atoms with E-state index in [0.29, 0.717) is 6.54 Å². The Morgan fingerprint density at radius 3 is 2.43 bits per heavy atom. The van der Waals surface area contributed by atoms with Crippen LogP contribution in [0.1, 0.15) is 37.7 Å². The smallest absolute Gasteiger partial charge is 0.305 e. The Balaban J connectivity index is 2.01. The van der Waals surface area contributed by atoms with Gasteiger partial charge in [-0.15, -0.1) is 0 Å². The van der Waals surface area contributed by atoms with E-state index in [1.54, 1.807) is 0 Å². The van der Waals surface area contributed by atoms with Gasteiger partial charge in [-0.1, -0.05) is 43.2 Å². The third kappa shape index (κ3) is 3.82. The van der Waals surface area contributed by atoms with Crippen LogP contribution in [0.25, 0.3) is 0 Å². The molecule has 114 valence electrons. The van der Waals surface area contributed by atoms with Crippen molar-refractivity contribution in [2.75, 3.05) is 6.54 Å². The number of nitrogens with one attached hydrogen (secondary N) is 1. The molecule has 0 spiro atoms. The van der Waals surface area contributed by atoms with Gasteiger partial charge in [0.1, 0.15) is 0 Å². The number of carbonyl (C=O) groups is 2. The molecule has 1 aromatic carbocycles. The third-order valence-electron chi connectivity index (χ3n) is 4.28. The van der Waals surface area contributed by atoms with Crippen molar-refractivity contribution >= 4 is 11.9 Å². The summed E-state index contributed by atoms with van der Waals surface area (Å²) in [4.78, 5) is 22.5. The van der Waals surface area contributed by atoms with Gasteiger partial charge in [-0.3, -0.25) is 9.59 Å². The van der Waals surface area contributed by atoms with E-state index in [-0.39, 0.29) is 17.7 Å². The van der Waals surface area contributed by atoms with Gasteiger partial charge in [-0.2, -0.15) is 0 Å². The molecule has 1 amide bonds. The number of hydrogen-bond donors (Lipinski definition) is 3. The molecule has 4 N–H and O–H groups in total. The van der Waals surface area contributed by atoms with E-state index in [1.165, 1.54) is 5.56 Å². The molecule has 21 heavy (non-hydrogen) atoms. The molecule has 1 aliphatic rings. The Morgan fingerprint density at radius 1 is 1.24 bits per heavy atom. The number of nitrogens with two attached hydrogens (primary N) is 1. The van der Waals surface area contributed by atoms with Crippen molar-refractivity contribution in [3.8, 4) is 0 Å². The maximum Gasteiger partial charge on any atom is 0.305 e. The summed E-state index contributed by atoms with van der Waals surface area (Å²) >= 11 is 0. The number of rotatable bonds is 6. The number of benzene rings is 1. The van der Waals surface area contributed by atoms with E-state index in [1.807, 2.05) is 18.2 Å². The van der Waals surface area contributed by atoms with Crippen molar-refractivity contribution < 1.29 is 14.7 Å². The molecule has 5 nitrogen and oxygen atoms in total. The van der Waals surface area contributed by atoms with Crippen molar-refractivity contribution in [1.82, 2.24) is 5.32 Å². The zero-order chi connectivity index (χ0) is 15.3. The summed E-state index contributed by atoms with van der Waals surface area (Å²) in [5.74, 6) is -1.45. The van der Waals surface area contributed by atoms with Crippen LogP contribution in [-0.2, 0) is 15.0 Å². The van der Waals surface area contributed by atoms with E-state index in [2.05, 4.69) is 17.4 Å². The summed E-state index contributed by atoms with van der Waals surface area (Å²) in [6, 6.07) is 9.19. The van der Waals surface area contributed by atoms with E-state index in [9.17, 15) is 9.59 Å². The molecule has 0 heterocycles. The van der Waals surface area contributed by atoms with Gasteiger partial charge in [0.05, 0.1) is 12.5 Å². The molecule has 2 rings (SSSR count). The molecule has 5 heteroatoms. The summed E-state index contributed by atoms with van der Waals surface area (Å²) in [6.45, 7) is 0.517. The van der Waals surface area contributed by atoms with Crippen LogP contribution in [0.4, 0.5) is 0 Å². The Kier molecular flexibility index (Phi) is 4.96. The van der Waals surface area contributed by atoms with Gasteiger partial charge >= 0.3 is 5.97 Å². The van der Waals surface area contributed by atoms with Gasteiger partial charge in [-0.25, -0.2) is 0 Å². The van der Waals surface area contributed by atoms with Crippen molar-refractivity contribution in [3.63, 3.8) is 0 Å². The van der Waals surface area contributed by atoms with Crippen LogP contribution < -0.4 is 11.1 Å². The Labute approximate surface area is 124 Å². The first-order valence-electron chi connectivity index (χ1n) is 7.34. The highest BCUT2D eigenvalue weighted by atomic mass is 16.4. The van der Waals surface area contributed by atoms with E-state index >= 15 is 0 Å². The molecular weight excluding hydrogens is 268 g/mol. The molecule has 1 fully saturated rings. The molecule has 0 aliphatic heterocycles. The van der Waals surface area contributed by atoms with Crippen LogP contribution in [0.2, 0.25) is 0 Å². The summed E-state index contributed by atoms with van der Waals surface area (Å²) in [7, 11) is 0. The summed E-state index contributed by atoms with van der Waals surface area (Å²) in [5.41, 5.74) is 6.78. The first-order valence-corrected chi connectivity index (χ1v) is 7.34. The molecule has 0 saturated heterocycles. The van der Waals surface area contributed by atoms with Crippen LogP contribution in [0.15, 0.2) is 30.3 Å². The summed E-state index contributed by atoms with van der Waals surface area (Å²) in [5, 5.41) is 11.5. The maximum atomic E-state index is 11.9. The lowest BCUT2D eigenvalue weighted by Gasteiger charge is -2.30. The highest BCUT2D eigenvalue weighted by molar-refractivity contribution is 5.85. The number of carboxylic acid groups (broad SMARTS) is 1. The topological polar surface area (TPSA) is 92.4 Å². The molecule has 1 aromatic rings. The molecule has 1 aliphatic carbocycles. The predicted octanol–water partition coefficient (Wildman–Crippen LogP) is 1.42. The molecule has 0 radical (unpaired) electrons. The van der Waals surface area contributed by atoms with Gasteiger partial charge in [0.2, 0.25) is 5.91 Å². The fourth-order valence-electron chi connectivity index (χ4n) is 3.08. The largest absolute Gasteiger partial charge is 0.481 e. The number of hydrogen-bond acceptors (Lipinski definition) is 3. The molecule has 0 aromatic heterocycles. The molecular formula is C16H22N2O3. The predicted molar refractivity (Wildman–Crippen MR) is 79.8 cm³/mol. The molecule has 1 atom stereocenters. The van der Waals surface area contributed by atoms with Crippen LogP contribution in [-0.4, -0.2) is 29.6 Å². The maximum absolute atomic E-state index is 11.9. The highest BCUT2D eigenvalue weighted by Gasteiger charge is 2.36. The van der Waals surface area contributed by atoms with Gasteiger partial charge in [0.15, 0.2) is 0 Å². The van der Waals surface area contributed by atoms with E-state index < -0.39 is 12.0 Å². The lowest BCUT2D eigenvalue weighted by molar-refractivity contribution is -0.139. The minimum atomic E-state index is -1.06. The Morgan fingerprint density at radius 2 is 1.86 bits per heavy atom. The van der Waals surface area contributed by atoms with Crippen LogP contribution in [0.3, 0.4) is 0 Å². The summed E-state index contributed by atoms with van der Waals surface area (Å²) in [6.07, 6.45) is 4.01. The first-order chi connectivity index (χ1) is 10.0. The third-order valence-corrected chi connectivity index (χ3v) is 4.28. The average molecular weight is 290 g/mol. The van der Waals surface area contributed by atoms with Crippen molar-refractivity contribution in [2.24, 2.45) is 5.73 Å². The second-order valence-corrected chi connectivity index (χ2v) is 5.78. The standard InChI is InChI=1S/C16H22N2O3/c17-13(10-14(19)20)15(21)18-11-16(8-4-5-9-16)12-6-2-1-3-7-12/h1-3,6-7,13H,4-5,8-11,17H2,(H,18,21)(H,19,20)/t13-/m0/s1. The lowest BCUT2D eigenvalue weighted by atomic mass is 9.79. The second kappa shape index (κ2) is 6.72. The lowest BCUT2D eigenvalue weighted by Crippen LogP contribution is -2.46. The molecule has 1 saturated carbocycles. The molecule has 0 unspecified atom stereocenters. The van der Waals surface area contributed by atoms with Crippen LogP contribution >= 0.6 is 0 Å². The average Bonchev–Trinajstić information content (AvgIpc) is 2.95. The van der Waals surface area contributed by atoms with Gasteiger partial charge in [-0.05, 0) is 18.4 Å². The van der Waals surface area contributed by atoms with Crippen LogP contribution in [0.5, 0.6) is 0 Å². The minimum Gasteiger partial charge on any atom is -0.481 e. The van der Waals surface area contributed by atoms with Crippen LogP contribution in [0, 0.1) is 0 Å². The normalized spacial score (nSPS) is 18.1. The monoisotopic (exact) mass is 290 g/mol. The number of aliphatic carboxylic acids is 1. The number of carboxylic acids is 1. The second-order valence-electron chi connectivity index (χ2n) is 5.78. The zero-order valence-electron chi connectivity index (χ0n) is 12.0. The van der Waals surface area contributed by atoms with Crippen molar-refractivity contribution in [1.29, 1.82) is 0 Å². The van der Waals surface area contributed by atoms with Crippen molar-refractivity contribution in [2.45, 2.75) is 43.6 Å². The first kappa shape index (κ1) is 15.5. The minimum absolute atomic E-state index is 0.0418. The van der Waals surface area contributed by atoms with Crippen molar-refractivity contribution in [3.05, 3.63) is 35.9 Å². The fraction of sp³-hybridized carbons (Fsp3) is 0.500. The number of amides is 1. The SMILES string of the molecule is N[C@@H](CC(=O)O)C(=O)NCC1(c2ccccc2)CCCC1. The Hall–Kier alpha value is -1.88. The van der Waals surface area contributed by atoms with E-state index in [4.69, 9.17) is 10.8 Å². The zero-order valence-corrected chi connectivity index (χ0v) is 12.0. The van der Waals surface area contributed by atoms with E-state index in [0.717, 1.165) is 25.7 Å². The van der Waals surface area contributed by atoms with Gasteiger partial charge in [0, 0.05) is 12.0 Å².